The van der Waals surface area contributed by atoms with Gasteiger partial charge in [0, 0.05) is 39.3 Å². The first-order valence-electron chi connectivity index (χ1n) is 10.3. The van der Waals surface area contributed by atoms with E-state index in [4.69, 9.17) is 0 Å². The quantitative estimate of drug-likeness (QED) is 0.471. The van der Waals surface area contributed by atoms with Gasteiger partial charge in [0.15, 0.2) is 10.9 Å². The van der Waals surface area contributed by atoms with Crippen LogP contribution in [0.25, 0.3) is 0 Å². The Hall–Kier alpha value is -3.21. The molecule has 1 saturated heterocycles. The van der Waals surface area contributed by atoms with Gasteiger partial charge in [-0.15, -0.1) is 0 Å². The Morgan fingerprint density at radius 3 is 2.52 bits per heavy atom. The molecule has 3 aromatic rings. The molecule has 0 N–H and O–H groups in total. The fourth-order valence-corrected chi connectivity index (χ4v) is 4.71. The topological polar surface area (TPSA) is 71.3 Å². The highest BCUT2D eigenvalue weighted by Gasteiger charge is 2.33. The van der Waals surface area contributed by atoms with E-state index in [9.17, 15) is 22.8 Å². The van der Waals surface area contributed by atoms with Crippen molar-refractivity contribution in [3.8, 4) is 0 Å². The number of Topliss-reactive ketones (excluding diaryl/α,β-unsaturated/α-hetero) is 1. The zero-order valence-electron chi connectivity index (χ0n) is 18.1. The summed E-state index contributed by atoms with van der Waals surface area (Å²) in [6.45, 7) is 2.77. The van der Waals surface area contributed by atoms with Crippen LogP contribution < -0.4 is 4.90 Å². The predicted molar refractivity (Wildman–Crippen MR) is 117 cm³/mol. The molecule has 0 atom stereocenters. The third-order valence-electron chi connectivity index (χ3n) is 5.42. The Morgan fingerprint density at radius 1 is 1.15 bits per heavy atom. The smallest absolute Gasteiger partial charge is 0.318 e. The third kappa shape index (κ3) is 5.08. The molecular formula is C22H22F3N5O2S. The standard InChI is InChI=1S/C22H22F3N5O2S/c1-14-19(18(31)8-5-16-11-26-28(2)12-16)33-20(27-14)30-10-9-29(21(30)32)13-15-3-6-17(7-4-15)22(23,24)25/h3-4,6-7,11-12H,5,8-10,13H2,1-2H3. The third-order valence-corrected chi connectivity index (χ3v) is 6.64. The zero-order valence-corrected chi connectivity index (χ0v) is 18.9. The first kappa shape index (κ1) is 23.0. The summed E-state index contributed by atoms with van der Waals surface area (Å²) in [6, 6.07) is 4.51. The number of alkyl halides is 3. The SMILES string of the molecule is Cc1nc(N2CCN(Cc3ccc(C(F)(F)F)cc3)C2=O)sc1C(=O)CCc1cnn(C)c1. The van der Waals surface area contributed by atoms with Gasteiger partial charge >= 0.3 is 12.2 Å². The molecule has 1 fully saturated rings. The molecule has 33 heavy (non-hydrogen) atoms. The number of carbonyl (C=O) groups excluding carboxylic acids is 2. The Bertz CT molecular complexity index is 1170. The maximum absolute atomic E-state index is 12.9. The minimum Gasteiger partial charge on any atom is -0.318 e. The molecule has 1 aliphatic rings. The Balaban J connectivity index is 1.39. The summed E-state index contributed by atoms with van der Waals surface area (Å²) in [5, 5.41) is 4.55. The highest BCUT2D eigenvalue weighted by Crippen LogP contribution is 2.31. The summed E-state index contributed by atoms with van der Waals surface area (Å²) in [7, 11) is 1.82. The van der Waals surface area contributed by atoms with Crippen molar-refractivity contribution < 1.29 is 22.8 Å². The summed E-state index contributed by atoms with van der Waals surface area (Å²) >= 11 is 1.19. The molecular weight excluding hydrogens is 455 g/mol. The molecule has 3 heterocycles. The average molecular weight is 478 g/mol. The van der Waals surface area contributed by atoms with Gasteiger partial charge in [-0.25, -0.2) is 9.78 Å². The van der Waals surface area contributed by atoms with Crippen molar-refractivity contribution in [2.45, 2.75) is 32.5 Å². The van der Waals surface area contributed by atoms with Gasteiger partial charge in [0.05, 0.1) is 22.3 Å². The normalized spacial score (nSPS) is 14.4. The van der Waals surface area contributed by atoms with Gasteiger partial charge in [-0.2, -0.15) is 18.3 Å². The first-order chi connectivity index (χ1) is 15.6. The molecule has 11 heteroatoms. The van der Waals surface area contributed by atoms with Crippen LogP contribution in [-0.4, -0.2) is 44.6 Å². The second-order valence-electron chi connectivity index (χ2n) is 7.91. The summed E-state index contributed by atoms with van der Waals surface area (Å²) in [4.78, 5) is 33.6. The molecule has 1 aliphatic heterocycles. The minimum absolute atomic E-state index is 0.0339. The highest BCUT2D eigenvalue weighted by atomic mass is 32.1. The lowest BCUT2D eigenvalue weighted by molar-refractivity contribution is -0.137. The number of rotatable bonds is 7. The second kappa shape index (κ2) is 8.97. The Labute approximate surface area is 192 Å². The van der Waals surface area contributed by atoms with Crippen molar-refractivity contribution in [3.63, 3.8) is 0 Å². The number of amides is 2. The van der Waals surface area contributed by atoms with E-state index in [-0.39, 0.29) is 18.4 Å². The van der Waals surface area contributed by atoms with E-state index in [0.717, 1.165) is 17.7 Å². The Kier molecular flexibility index (Phi) is 6.24. The fourth-order valence-electron chi connectivity index (χ4n) is 3.66. The van der Waals surface area contributed by atoms with Gasteiger partial charge in [-0.3, -0.25) is 14.4 Å². The lowest BCUT2D eigenvalue weighted by Gasteiger charge is -2.17. The maximum atomic E-state index is 12.9. The van der Waals surface area contributed by atoms with Crippen molar-refractivity contribution in [2.75, 3.05) is 18.0 Å². The minimum atomic E-state index is -4.39. The van der Waals surface area contributed by atoms with E-state index < -0.39 is 11.7 Å². The van der Waals surface area contributed by atoms with Crippen LogP contribution in [0.15, 0.2) is 36.7 Å². The van der Waals surface area contributed by atoms with Crippen molar-refractivity contribution >= 4 is 28.3 Å². The summed E-state index contributed by atoms with van der Waals surface area (Å²) in [6.07, 6.45) is 0.0957. The largest absolute Gasteiger partial charge is 0.416 e. The number of ketones is 1. The number of carbonyl (C=O) groups is 2. The second-order valence-corrected chi connectivity index (χ2v) is 8.88. The molecule has 0 spiro atoms. The van der Waals surface area contributed by atoms with Crippen molar-refractivity contribution in [1.82, 2.24) is 19.7 Å². The van der Waals surface area contributed by atoms with Gasteiger partial charge in [-0.05, 0) is 36.6 Å². The number of aryl methyl sites for hydroxylation is 3. The van der Waals surface area contributed by atoms with Crippen LogP contribution in [-0.2, 0) is 26.2 Å². The lowest BCUT2D eigenvalue weighted by atomic mass is 10.1. The van der Waals surface area contributed by atoms with Gasteiger partial charge in [0.1, 0.15) is 0 Å². The summed E-state index contributed by atoms with van der Waals surface area (Å²) in [5.74, 6) is -0.0339. The van der Waals surface area contributed by atoms with Crippen LogP contribution in [0.3, 0.4) is 0 Å². The number of hydrogen-bond donors (Lipinski definition) is 0. The molecule has 0 radical (unpaired) electrons. The predicted octanol–water partition coefficient (Wildman–Crippen LogP) is 4.46. The average Bonchev–Trinajstić information content (AvgIpc) is 3.45. The van der Waals surface area contributed by atoms with Crippen molar-refractivity contribution in [2.24, 2.45) is 7.05 Å². The number of hydrogen-bond acceptors (Lipinski definition) is 5. The number of nitrogens with zero attached hydrogens (tertiary/aromatic N) is 5. The molecule has 0 unspecified atom stereocenters. The fraction of sp³-hybridized carbons (Fsp3) is 0.364. The first-order valence-corrected chi connectivity index (χ1v) is 11.1. The number of thiazole rings is 1. The van der Waals surface area contributed by atoms with Crippen LogP contribution in [0.1, 0.15) is 38.5 Å². The summed E-state index contributed by atoms with van der Waals surface area (Å²) < 4.78 is 39.9. The molecule has 2 aromatic heterocycles. The van der Waals surface area contributed by atoms with E-state index in [2.05, 4.69) is 10.1 Å². The van der Waals surface area contributed by atoms with Crippen LogP contribution in [0.5, 0.6) is 0 Å². The van der Waals surface area contributed by atoms with Gasteiger partial charge in [-0.1, -0.05) is 23.5 Å². The van der Waals surface area contributed by atoms with Gasteiger partial charge < -0.3 is 4.90 Å². The van der Waals surface area contributed by atoms with E-state index in [1.807, 2.05) is 13.2 Å². The molecule has 0 aliphatic carbocycles. The van der Waals surface area contributed by atoms with Gasteiger partial charge in [0.25, 0.3) is 0 Å². The molecule has 0 bridgehead atoms. The van der Waals surface area contributed by atoms with E-state index >= 15 is 0 Å². The van der Waals surface area contributed by atoms with Crippen molar-refractivity contribution in [1.29, 1.82) is 0 Å². The zero-order chi connectivity index (χ0) is 23.8. The Morgan fingerprint density at radius 2 is 1.88 bits per heavy atom. The molecule has 174 valence electrons. The molecule has 4 rings (SSSR count). The van der Waals surface area contributed by atoms with Crippen molar-refractivity contribution in [3.05, 3.63) is 63.9 Å². The summed E-state index contributed by atoms with van der Waals surface area (Å²) in [5.41, 5.74) is 1.45. The van der Waals surface area contributed by atoms with E-state index in [0.29, 0.717) is 47.2 Å². The molecule has 1 aromatic carbocycles. The van der Waals surface area contributed by atoms with Crippen LogP contribution >= 0.6 is 11.3 Å². The van der Waals surface area contributed by atoms with Crippen LogP contribution in [0.4, 0.5) is 23.1 Å². The number of aromatic nitrogens is 3. The number of urea groups is 1. The number of anilines is 1. The van der Waals surface area contributed by atoms with E-state index in [1.165, 1.54) is 28.4 Å². The monoisotopic (exact) mass is 477 g/mol. The highest BCUT2D eigenvalue weighted by molar-refractivity contribution is 7.17. The van der Waals surface area contributed by atoms with Crippen LogP contribution in [0, 0.1) is 6.92 Å². The van der Waals surface area contributed by atoms with E-state index in [1.54, 1.807) is 22.7 Å². The molecule has 7 nitrogen and oxygen atoms in total. The number of benzene rings is 1. The van der Waals surface area contributed by atoms with Gasteiger partial charge in [0.2, 0.25) is 0 Å². The number of halogens is 3. The molecule has 2 amide bonds. The maximum Gasteiger partial charge on any atom is 0.416 e. The lowest BCUT2D eigenvalue weighted by Crippen LogP contribution is -2.31. The van der Waals surface area contributed by atoms with Crippen LogP contribution in [0.2, 0.25) is 0 Å². The molecule has 0 saturated carbocycles.